The molecule has 6 heteroatoms. The lowest BCUT2D eigenvalue weighted by Gasteiger charge is -2.15. The van der Waals surface area contributed by atoms with Crippen molar-refractivity contribution in [3.8, 4) is 0 Å². The highest BCUT2D eigenvalue weighted by Crippen LogP contribution is 2.17. The number of amides is 1. The first-order chi connectivity index (χ1) is 9.56. The van der Waals surface area contributed by atoms with Gasteiger partial charge in [0.05, 0.1) is 6.33 Å². The molecule has 2 aromatic rings. The lowest BCUT2D eigenvalue weighted by atomic mass is 10.1. The predicted octanol–water partition coefficient (Wildman–Crippen LogP) is 1.81. The monoisotopic (exact) mass is 292 g/mol. The number of nitrogens with one attached hydrogen (secondary N) is 1. The third kappa shape index (κ3) is 3.82. The lowest BCUT2D eigenvalue weighted by molar-refractivity contribution is 0.100. The number of imidazole rings is 1. The van der Waals surface area contributed by atoms with Gasteiger partial charge in [-0.3, -0.25) is 4.79 Å². The Labute approximate surface area is 122 Å². The number of hydrogen-bond acceptors (Lipinski definition) is 3. The molecule has 5 nitrogen and oxygen atoms in total. The van der Waals surface area contributed by atoms with Crippen molar-refractivity contribution in [2.75, 3.05) is 0 Å². The van der Waals surface area contributed by atoms with E-state index in [9.17, 15) is 4.79 Å². The minimum Gasteiger partial charge on any atom is -0.366 e. The quantitative estimate of drug-likeness (QED) is 0.853. The number of rotatable bonds is 6. The minimum atomic E-state index is -0.472. The van der Waals surface area contributed by atoms with E-state index in [4.69, 9.17) is 17.3 Å². The summed E-state index contributed by atoms with van der Waals surface area (Å²) in [5, 5.41) is 3.92. The van der Waals surface area contributed by atoms with Crippen LogP contribution < -0.4 is 11.1 Å². The van der Waals surface area contributed by atoms with Crippen molar-refractivity contribution < 1.29 is 4.79 Å². The molecule has 20 heavy (non-hydrogen) atoms. The van der Waals surface area contributed by atoms with Gasteiger partial charge in [0.1, 0.15) is 0 Å². The molecule has 1 amide bonds. The minimum absolute atomic E-state index is 0.274. The highest BCUT2D eigenvalue weighted by Gasteiger charge is 2.07. The summed E-state index contributed by atoms with van der Waals surface area (Å²) in [6, 6.07) is 5.38. The van der Waals surface area contributed by atoms with Gasteiger partial charge in [0.2, 0.25) is 5.91 Å². The van der Waals surface area contributed by atoms with E-state index in [-0.39, 0.29) is 6.04 Å². The number of halogens is 1. The van der Waals surface area contributed by atoms with Crippen LogP contribution in [-0.4, -0.2) is 21.5 Å². The number of nitrogens with two attached hydrogens (primary N) is 1. The van der Waals surface area contributed by atoms with Crippen LogP contribution in [0.1, 0.15) is 22.8 Å². The van der Waals surface area contributed by atoms with E-state index in [0.29, 0.717) is 17.1 Å². The number of primary amides is 1. The van der Waals surface area contributed by atoms with Gasteiger partial charge in [-0.2, -0.15) is 0 Å². The predicted molar refractivity (Wildman–Crippen MR) is 78.5 cm³/mol. The maximum atomic E-state index is 11.0. The summed E-state index contributed by atoms with van der Waals surface area (Å²) in [6.07, 6.45) is 5.46. The molecule has 0 fully saturated rings. The third-order valence-corrected chi connectivity index (χ3v) is 3.37. The van der Waals surface area contributed by atoms with Gasteiger partial charge in [0.25, 0.3) is 0 Å². The summed E-state index contributed by atoms with van der Waals surface area (Å²) < 4.78 is 2.01. The van der Waals surface area contributed by atoms with Crippen molar-refractivity contribution in [3.63, 3.8) is 0 Å². The van der Waals surface area contributed by atoms with E-state index in [1.54, 1.807) is 24.7 Å². The van der Waals surface area contributed by atoms with E-state index in [1.807, 2.05) is 16.8 Å². The molecular formula is C14H17ClN4O. The lowest BCUT2D eigenvalue weighted by Crippen LogP contribution is -2.29. The summed E-state index contributed by atoms with van der Waals surface area (Å²) in [6.45, 7) is 3.55. The number of carbonyl (C=O) groups is 1. The Bertz CT molecular complexity index is 583. The molecule has 1 aromatic heterocycles. The van der Waals surface area contributed by atoms with Gasteiger partial charge < -0.3 is 15.6 Å². The van der Waals surface area contributed by atoms with Crippen LogP contribution in [0.2, 0.25) is 5.02 Å². The Hall–Kier alpha value is -1.85. The average Bonchev–Trinajstić information content (AvgIpc) is 2.90. The normalized spacial score (nSPS) is 12.3. The average molecular weight is 293 g/mol. The number of nitrogens with zero attached hydrogens (tertiary/aromatic N) is 2. The standard InChI is InChI=1S/C14H17ClN4O/c1-10(8-19-5-4-17-9-19)18-7-12-3-2-11(14(16)20)6-13(12)15/h2-6,9-10,18H,7-8H2,1H3,(H2,16,20). The smallest absolute Gasteiger partial charge is 0.248 e. The fourth-order valence-electron chi connectivity index (χ4n) is 1.90. The van der Waals surface area contributed by atoms with Crippen LogP contribution in [0.15, 0.2) is 36.9 Å². The Morgan fingerprint density at radius 2 is 2.35 bits per heavy atom. The molecule has 0 bridgehead atoms. The molecule has 0 aliphatic carbocycles. The number of aromatic nitrogens is 2. The second-order valence-corrected chi connectivity index (χ2v) is 5.12. The molecule has 106 valence electrons. The Kier molecular flexibility index (Phi) is 4.76. The number of benzene rings is 1. The van der Waals surface area contributed by atoms with Crippen LogP contribution in [0.5, 0.6) is 0 Å². The van der Waals surface area contributed by atoms with Gasteiger partial charge in [-0.15, -0.1) is 0 Å². The van der Waals surface area contributed by atoms with Gasteiger partial charge >= 0.3 is 0 Å². The van der Waals surface area contributed by atoms with Crippen LogP contribution in [0.25, 0.3) is 0 Å². The van der Waals surface area contributed by atoms with Crippen LogP contribution in [0.4, 0.5) is 0 Å². The Balaban J connectivity index is 1.92. The highest BCUT2D eigenvalue weighted by atomic mass is 35.5. The maximum Gasteiger partial charge on any atom is 0.248 e. The molecule has 1 aromatic carbocycles. The van der Waals surface area contributed by atoms with E-state index in [1.165, 1.54) is 0 Å². The third-order valence-electron chi connectivity index (χ3n) is 3.02. The highest BCUT2D eigenvalue weighted by molar-refractivity contribution is 6.31. The van der Waals surface area contributed by atoms with E-state index < -0.39 is 5.91 Å². The molecule has 3 N–H and O–H groups in total. The van der Waals surface area contributed by atoms with E-state index in [2.05, 4.69) is 17.2 Å². The van der Waals surface area contributed by atoms with E-state index in [0.717, 1.165) is 12.1 Å². The first-order valence-electron chi connectivity index (χ1n) is 6.33. The number of hydrogen-bond donors (Lipinski definition) is 2. The maximum absolute atomic E-state index is 11.0. The molecule has 0 aliphatic rings. The SMILES string of the molecule is CC(Cn1ccnc1)NCc1ccc(C(N)=O)cc1Cl. The second-order valence-electron chi connectivity index (χ2n) is 4.71. The molecule has 0 saturated carbocycles. The molecule has 2 rings (SSSR count). The molecular weight excluding hydrogens is 276 g/mol. The largest absolute Gasteiger partial charge is 0.366 e. The van der Waals surface area contributed by atoms with E-state index >= 15 is 0 Å². The summed E-state index contributed by atoms with van der Waals surface area (Å²) >= 11 is 6.14. The van der Waals surface area contributed by atoms with Crippen molar-refractivity contribution in [3.05, 3.63) is 53.1 Å². The summed E-state index contributed by atoms with van der Waals surface area (Å²) in [4.78, 5) is 15.1. The first kappa shape index (κ1) is 14.6. The fraction of sp³-hybridized carbons (Fsp3) is 0.286. The molecule has 0 saturated heterocycles. The van der Waals surface area contributed by atoms with Crippen LogP contribution in [-0.2, 0) is 13.1 Å². The Morgan fingerprint density at radius 3 is 2.95 bits per heavy atom. The zero-order valence-corrected chi connectivity index (χ0v) is 12.0. The topological polar surface area (TPSA) is 72.9 Å². The molecule has 0 aliphatic heterocycles. The molecule has 1 unspecified atom stereocenters. The molecule has 1 atom stereocenters. The van der Waals surface area contributed by atoms with Crippen LogP contribution >= 0.6 is 11.6 Å². The summed E-state index contributed by atoms with van der Waals surface area (Å²) in [7, 11) is 0. The van der Waals surface area contributed by atoms with Crippen LogP contribution in [0, 0.1) is 0 Å². The second kappa shape index (κ2) is 6.54. The van der Waals surface area contributed by atoms with Crippen molar-refractivity contribution in [1.82, 2.24) is 14.9 Å². The van der Waals surface area contributed by atoms with Crippen molar-refractivity contribution >= 4 is 17.5 Å². The molecule has 1 heterocycles. The van der Waals surface area contributed by atoms with Gasteiger partial charge in [0, 0.05) is 42.1 Å². The van der Waals surface area contributed by atoms with Gasteiger partial charge in [-0.05, 0) is 24.6 Å². The fourth-order valence-corrected chi connectivity index (χ4v) is 2.15. The first-order valence-corrected chi connectivity index (χ1v) is 6.71. The zero-order chi connectivity index (χ0) is 14.5. The van der Waals surface area contributed by atoms with Crippen molar-refractivity contribution in [1.29, 1.82) is 0 Å². The van der Waals surface area contributed by atoms with Crippen molar-refractivity contribution in [2.24, 2.45) is 5.73 Å². The van der Waals surface area contributed by atoms with Crippen molar-refractivity contribution in [2.45, 2.75) is 26.1 Å². The summed E-state index contributed by atoms with van der Waals surface area (Å²) in [5.41, 5.74) is 6.57. The van der Waals surface area contributed by atoms with Gasteiger partial charge in [0.15, 0.2) is 0 Å². The molecule has 0 radical (unpaired) electrons. The number of carbonyl (C=O) groups excluding carboxylic acids is 1. The Morgan fingerprint density at radius 1 is 1.55 bits per heavy atom. The van der Waals surface area contributed by atoms with Crippen LogP contribution in [0.3, 0.4) is 0 Å². The zero-order valence-electron chi connectivity index (χ0n) is 11.2. The van der Waals surface area contributed by atoms with Gasteiger partial charge in [-0.25, -0.2) is 4.98 Å². The van der Waals surface area contributed by atoms with Gasteiger partial charge in [-0.1, -0.05) is 17.7 Å². The molecule has 0 spiro atoms. The summed E-state index contributed by atoms with van der Waals surface area (Å²) in [5.74, 6) is -0.472.